The van der Waals surface area contributed by atoms with Gasteiger partial charge < -0.3 is 30.4 Å². The summed E-state index contributed by atoms with van der Waals surface area (Å²) in [7, 11) is 2.03. The van der Waals surface area contributed by atoms with Crippen LogP contribution in [0.5, 0.6) is 0 Å². The Kier molecular flexibility index (Phi) is 8.12. The molecule has 0 spiro atoms. The van der Waals surface area contributed by atoms with Crippen molar-refractivity contribution in [3.8, 4) is 0 Å². The maximum absolute atomic E-state index is 13.0. The zero-order valence-electron chi connectivity index (χ0n) is 20.1. The second-order valence-corrected chi connectivity index (χ2v) is 10.8. The summed E-state index contributed by atoms with van der Waals surface area (Å²) < 4.78 is 0. The molecule has 2 aromatic heterocycles. The fraction of sp³-hybridized carbons (Fsp3) is 0.417. The Bertz CT molecular complexity index is 1310. The monoisotopic (exact) mass is 521 g/mol. The number of carboxylic acid groups (broad SMARTS) is 1. The number of aromatic amines is 1. The van der Waals surface area contributed by atoms with E-state index in [1.165, 1.54) is 11.3 Å². The first-order chi connectivity index (χ1) is 16.8. The zero-order valence-corrected chi connectivity index (χ0v) is 21.7. The van der Waals surface area contributed by atoms with E-state index >= 15 is 0 Å². The van der Waals surface area contributed by atoms with Crippen molar-refractivity contribution >= 4 is 51.6 Å². The molecule has 1 saturated carbocycles. The average molecular weight is 522 g/mol. The molecule has 0 saturated heterocycles. The van der Waals surface area contributed by atoms with Crippen molar-refractivity contribution in [2.24, 2.45) is 5.92 Å². The van der Waals surface area contributed by atoms with E-state index in [-0.39, 0.29) is 37.1 Å². The number of benzene rings is 1. The van der Waals surface area contributed by atoms with Crippen molar-refractivity contribution in [2.75, 3.05) is 13.6 Å². The van der Waals surface area contributed by atoms with Crippen LogP contribution in [-0.4, -0.2) is 58.3 Å². The molecule has 0 bridgehead atoms. The topological polar surface area (TPSA) is 130 Å². The molecule has 184 valence electrons. The number of fused-ring (bicyclic) bond motifs is 2. The molecule has 3 aromatic rings. The number of H-pyrrole nitrogens is 1. The summed E-state index contributed by atoms with van der Waals surface area (Å²) in [5.41, 5.74) is 2.06. The van der Waals surface area contributed by atoms with Crippen LogP contribution in [0.2, 0.25) is 5.02 Å². The predicted molar refractivity (Wildman–Crippen MR) is 130 cm³/mol. The molecule has 1 aliphatic carbocycles. The number of likely N-dealkylation sites (N-methyl/N-ethyl adjacent to an activating group) is 1. The van der Waals surface area contributed by atoms with Gasteiger partial charge >= 0.3 is 18.9 Å². The van der Waals surface area contributed by atoms with E-state index < -0.39 is 24.0 Å². The smallest absolute Gasteiger partial charge is 0.550 e. The number of thiazole rings is 1. The van der Waals surface area contributed by atoms with Gasteiger partial charge in [-0.3, -0.25) is 9.59 Å². The number of nitrogens with one attached hydrogen (secondary N) is 3. The molecule has 2 amide bonds. The fourth-order valence-corrected chi connectivity index (χ4v) is 6.11. The summed E-state index contributed by atoms with van der Waals surface area (Å²) in [4.78, 5) is 48.5. The normalized spacial score (nSPS) is 21.9. The number of hydrogen-bond donors (Lipinski definition) is 3. The van der Waals surface area contributed by atoms with Gasteiger partial charge in [-0.1, -0.05) is 11.6 Å². The van der Waals surface area contributed by atoms with Crippen LogP contribution < -0.4 is 34.6 Å². The van der Waals surface area contributed by atoms with Crippen LogP contribution in [0.25, 0.3) is 10.9 Å². The van der Waals surface area contributed by atoms with Crippen LogP contribution in [-0.2, 0) is 17.8 Å². The number of aliphatic carboxylic acids is 1. The Hall–Kier alpha value is -2.35. The maximum Gasteiger partial charge on any atom is 1.00 e. The van der Waals surface area contributed by atoms with E-state index in [0.717, 1.165) is 41.0 Å². The third kappa shape index (κ3) is 5.63. The van der Waals surface area contributed by atoms with Gasteiger partial charge in [-0.25, -0.2) is 4.98 Å². The second kappa shape index (κ2) is 10.9. The molecule has 2 aliphatic rings. The second-order valence-electron chi connectivity index (χ2n) is 9.28. The molecule has 1 aliphatic heterocycles. The fourth-order valence-electron chi connectivity index (χ4n) is 4.84. The van der Waals surface area contributed by atoms with Gasteiger partial charge in [0.1, 0.15) is 5.69 Å². The Balaban J connectivity index is 0.00000304. The molecule has 12 heteroatoms. The Labute approximate surface area is 229 Å². The first kappa shape index (κ1) is 26.7. The summed E-state index contributed by atoms with van der Waals surface area (Å²) in [5, 5.41) is 19.2. The minimum atomic E-state index is -1.15. The molecule has 1 aromatic carbocycles. The number of carbonyl (C=O) groups excluding carboxylic acids is 3. The van der Waals surface area contributed by atoms with E-state index in [1.54, 1.807) is 24.3 Å². The first-order valence-electron chi connectivity index (χ1n) is 11.5. The van der Waals surface area contributed by atoms with Gasteiger partial charge in [-0.15, -0.1) is 11.3 Å². The van der Waals surface area contributed by atoms with E-state index in [4.69, 9.17) is 11.6 Å². The molecule has 1 fully saturated rings. The Morgan fingerprint density at radius 3 is 2.72 bits per heavy atom. The number of hydrogen-bond acceptors (Lipinski definition) is 7. The van der Waals surface area contributed by atoms with E-state index in [0.29, 0.717) is 28.6 Å². The van der Waals surface area contributed by atoms with E-state index in [2.05, 4.69) is 25.5 Å². The Morgan fingerprint density at radius 2 is 1.94 bits per heavy atom. The van der Waals surface area contributed by atoms with Crippen LogP contribution in [0.3, 0.4) is 0 Å². The number of amides is 2. The van der Waals surface area contributed by atoms with E-state index in [9.17, 15) is 19.5 Å². The van der Waals surface area contributed by atoms with Crippen LogP contribution in [0.15, 0.2) is 24.3 Å². The molecule has 3 N–H and O–H groups in total. The summed E-state index contributed by atoms with van der Waals surface area (Å²) in [6, 6.07) is 5.97. The van der Waals surface area contributed by atoms with Gasteiger partial charge in [0.25, 0.3) is 11.8 Å². The van der Waals surface area contributed by atoms with Crippen molar-refractivity contribution in [1.82, 2.24) is 25.5 Å². The van der Waals surface area contributed by atoms with Crippen molar-refractivity contribution in [2.45, 2.75) is 44.3 Å². The largest absolute Gasteiger partial charge is 1.00 e. The van der Waals surface area contributed by atoms with Crippen molar-refractivity contribution < 1.29 is 38.4 Å². The number of carbonyl (C=O) groups is 3. The molecular formula is C24H25ClLiN5O4S. The summed E-state index contributed by atoms with van der Waals surface area (Å²) >= 11 is 7.43. The summed E-state index contributed by atoms with van der Waals surface area (Å²) in [6.07, 6.45) is 1.75. The van der Waals surface area contributed by atoms with Gasteiger partial charge in [-0.05, 0) is 50.6 Å². The number of carboxylic acids is 1. The standard InChI is InChI=1S/C24H26ClN5O4S.Li/c1-30-7-6-17-20(11-30)35-23(29-17)22(32)27-16-4-2-12(24(33)34)9-18(16)28-21(31)19-10-13-8-14(25)3-5-15(13)26-19;/h3,5,8,10,12,16,18,26H,2,4,6-7,9,11H2,1H3,(H,27,32)(H,28,31)(H,33,34);/q;+1/p-1/t12-,16+,18-;/m0./s1. The van der Waals surface area contributed by atoms with Gasteiger partial charge in [0.15, 0.2) is 5.01 Å². The van der Waals surface area contributed by atoms with Crippen molar-refractivity contribution in [3.05, 3.63) is 50.6 Å². The number of aromatic nitrogens is 2. The molecule has 36 heavy (non-hydrogen) atoms. The molecule has 3 atom stereocenters. The molecule has 5 rings (SSSR count). The van der Waals surface area contributed by atoms with Crippen molar-refractivity contribution in [1.29, 1.82) is 0 Å². The molecular weight excluding hydrogens is 497 g/mol. The minimum Gasteiger partial charge on any atom is -0.550 e. The van der Waals surface area contributed by atoms with Crippen molar-refractivity contribution in [3.63, 3.8) is 0 Å². The number of nitrogens with zero attached hydrogens (tertiary/aromatic N) is 2. The third-order valence-corrected chi connectivity index (χ3v) is 8.08. The Morgan fingerprint density at radius 1 is 1.17 bits per heavy atom. The molecule has 0 radical (unpaired) electrons. The van der Waals surface area contributed by atoms with Crippen LogP contribution in [0.4, 0.5) is 0 Å². The van der Waals surface area contributed by atoms with Crippen LogP contribution in [0.1, 0.15) is 50.1 Å². The SMILES string of the molecule is CN1CCc2nc(C(=O)N[C@@H]3CC[C@H](C(=O)[O-])C[C@@H]3NC(=O)c3cc4cc(Cl)ccc4[nH]3)sc2C1.[Li+]. The molecule has 0 unspecified atom stereocenters. The zero-order chi connectivity index (χ0) is 24.7. The van der Waals surface area contributed by atoms with Crippen LogP contribution >= 0.6 is 22.9 Å². The summed E-state index contributed by atoms with van der Waals surface area (Å²) in [5.74, 6) is -2.53. The van der Waals surface area contributed by atoms with Gasteiger partial charge in [-0.2, -0.15) is 0 Å². The maximum atomic E-state index is 13.0. The van der Waals surface area contributed by atoms with Gasteiger partial charge in [0, 0.05) is 58.2 Å². The van der Waals surface area contributed by atoms with Gasteiger partial charge in [0.2, 0.25) is 0 Å². The quantitative estimate of drug-likeness (QED) is 0.358. The first-order valence-corrected chi connectivity index (χ1v) is 12.7. The minimum absolute atomic E-state index is 0. The molecule has 9 nitrogen and oxygen atoms in total. The van der Waals surface area contributed by atoms with Gasteiger partial charge in [0.05, 0.1) is 11.7 Å². The number of halogens is 1. The molecule has 3 heterocycles. The van der Waals surface area contributed by atoms with Crippen LogP contribution in [0, 0.1) is 5.92 Å². The average Bonchev–Trinajstić information content (AvgIpc) is 3.43. The predicted octanol–water partition coefficient (Wildman–Crippen LogP) is -1.28. The summed E-state index contributed by atoms with van der Waals surface area (Å²) in [6.45, 7) is 1.67. The third-order valence-electron chi connectivity index (χ3n) is 6.76. The number of rotatable bonds is 5. The van der Waals surface area contributed by atoms with E-state index in [1.807, 2.05) is 7.05 Å².